The Bertz CT molecular complexity index is 432. The van der Waals surface area contributed by atoms with Gasteiger partial charge in [-0.3, -0.25) is 9.59 Å². The number of hydrogen-bond acceptors (Lipinski definition) is 2. The van der Waals surface area contributed by atoms with Crippen molar-refractivity contribution in [2.24, 2.45) is 7.05 Å². The molecule has 0 aliphatic carbocycles. The number of carbonyl (C=O) groups is 2. The Morgan fingerprint density at radius 3 is 2.38 bits per heavy atom. The zero-order valence-corrected chi connectivity index (χ0v) is 11.0. The van der Waals surface area contributed by atoms with Gasteiger partial charge in [-0.25, -0.2) is 0 Å². The molecule has 1 heterocycles. The number of aromatic nitrogens is 1. The fourth-order valence-electron chi connectivity index (χ4n) is 1.29. The number of rotatable bonds is 3. The minimum atomic E-state index is -2.00. The molecular weight excluding hydrogens is 272 g/mol. The first-order valence-corrected chi connectivity index (χ1v) is 5.71. The summed E-state index contributed by atoms with van der Waals surface area (Å²) < 4.78 is -0.522. The van der Waals surface area contributed by atoms with Crippen molar-refractivity contribution in [3.8, 4) is 0 Å². The summed E-state index contributed by atoms with van der Waals surface area (Å²) in [6.45, 7) is 1.74. The van der Waals surface area contributed by atoms with E-state index < -0.39 is 9.58 Å². The van der Waals surface area contributed by atoms with Gasteiger partial charge in [0.05, 0.1) is 5.69 Å². The lowest BCUT2D eigenvalue weighted by molar-refractivity contribution is 0.0984. The van der Waals surface area contributed by atoms with Gasteiger partial charge in [0.15, 0.2) is 5.78 Å². The van der Waals surface area contributed by atoms with Crippen LogP contribution in [0.15, 0.2) is 12.3 Å². The van der Waals surface area contributed by atoms with Gasteiger partial charge in [-0.05, 0) is 6.07 Å². The summed E-state index contributed by atoms with van der Waals surface area (Å²) in [4.78, 5) is 23.1. The monoisotopic (exact) mass is 281 g/mol. The minimum Gasteiger partial charge on any atom is -0.347 e. The first-order chi connectivity index (χ1) is 7.27. The maximum atomic E-state index is 11.7. The number of aryl methyl sites for hydroxylation is 1. The van der Waals surface area contributed by atoms with Crippen LogP contribution < -0.4 is 0 Å². The van der Waals surface area contributed by atoms with E-state index in [2.05, 4.69) is 0 Å². The molecule has 0 bridgehead atoms. The fraction of sp³-hybridized carbons (Fsp3) is 0.400. The van der Waals surface area contributed by atoms with Crippen LogP contribution >= 0.6 is 34.8 Å². The van der Waals surface area contributed by atoms with Crippen molar-refractivity contribution in [3.05, 3.63) is 23.5 Å². The molecule has 1 rings (SSSR count). The number of halogens is 3. The maximum Gasteiger partial charge on any atom is 0.255 e. The molecule has 0 N–H and O–H groups in total. The highest BCUT2D eigenvalue weighted by Crippen LogP contribution is 2.30. The average Bonchev–Trinajstić information content (AvgIpc) is 2.56. The van der Waals surface area contributed by atoms with Crippen LogP contribution in [-0.2, 0) is 7.05 Å². The van der Waals surface area contributed by atoms with E-state index in [1.54, 1.807) is 20.2 Å². The zero-order valence-electron chi connectivity index (χ0n) is 8.76. The highest BCUT2D eigenvalue weighted by Gasteiger charge is 2.33. The van der Waals surface area contributed by atoms with E-state index in [-0.39, 0.29) is 11.5 Å². The maximum absolute atomic E-state index is 11.7. The molecule has 0 spiro atoms. The molecule has 0 radical (unpaired) electrons. The first-order valence-electron chi connectivity index (χ1n) is 4.58. The number of hydrogen-bond donors (Lipinski definition) is 0. The molecule has 1 aromatic heterocycles. The lowest BCUT2D eigenvalue weighted by Crippen LogP contribution is -2.21. The van der Waals surface area contributed by atoms with Crippen molar-refractivity contribution in [2.45, 2.75) is 17.1 Å². The molecule has 0 aromatic carbocycles. The number of nitrogens with zero attached hydrogens (tertiary/aromatic N) is 1. The Labute approximate surface area is 108 Å². The van der Waals surface area contributed by atoms with Crippen LogP contribution in [0.25, 0.3) is 0 Å². The number of alkyl halides is 3. The molecule has 0 aliphatic heterocycles. The third-order valence-corrected chi connectivity index (χ3v) is 2.65. The quantitative estimate of drug-likeness (QED) is 0.631. The third-order valence-electron chi connectivity index (χ3n) is 2.14. The van der Waals surface area contributed by atoms with E-state index in [4.69, 9.17) is 34.8 Å². The van der Waals surface area contributed by atoms with E-state index in [0.717, 1.165) is 0 Å². The molecule has 1 aromatic rings. The molecule has 0 unspecified atom stereocenters. The van der Waals surface area contributed by atoms with E-state index in [9.17, 15) is 9.59 Å². The van der Waals surface area contributed by atoms with Gasteiger partial charge in [-0.15, -0.1) is 0 Å². The Kier molecular flexibility index (Phi) is 4.05. The van der Waals surface area contributed by atoms with Crippen molar-refractivity contribution in [3.63, 3.8) is 0 Å². The molecule has 0 atom stereocenters. The van der Waals surface area contributed by atoms with Gasteiger partial charge >= 0.3 is 0 Å². The Morgan fingerprint density at radius 2 is 1.94 bits per heavy atom. The van der Waals surface area contributed by atoms with Gasteiger partial charge in [0.2, 0.25) is 5.78 Å². The zero-order chi connectivity index (χ0) is 12.5. The highest BCUT2D eigenvalue weighted by atomic mass is 35.6. The van der Waals surface area contributed by atoms with Crippen molar-refractivity contribution < 1.29 is 9.59 Å². The summed E-state index contributed by atoms with van der Waals surface area (Å²) in [5, 5.41) is 0. The van der Waals surface area contributed by atoms with E-state index in [0.29, 0.717) is 12.0 Å². The predicted molar refractivity (Wildman–Crippen MR) is 64.7 cm³/mol. The summed E-state index contributed by atoms with van der Waals surface area (Å²) in [5.41, 5.74) is 0.652. The SMILES string of the molecule is CCC(=O)c1cc(C(=O)C(Cl)(Cl)Cl)n(C)c1. The smallest absolute Gasteiger partial charge is 0.255 e. The van der Waals surface area contributed by atoms with Crippen molar-refractivity contribution in [2.75, 3.05) is 0 Å². The van der Waals surface area contributed by atoms with Crippen LogP contribution in [0.3, 0.4) is 0 Å². The van der Waals surface area contributed by atoms with Crippen LogP contribution in [0.2, 0.25) is 0 Å². The first kappa shape index (κ1) is 13.6. The lowest BCUT2D eigenvalue weighted by Gasteiger charge is -2.09. The number of ketones is 2. The minimum absolute atomic E-state index is 0.0565. The molecule has 88 valence electrons. The third kappa shape index (κ3) is 2.78. The highest BCUT2D eigenvalue weighted by molar-refractivity contribution is 6.77. The second-order valence-corrected chi connectivity index (χ2v) is 5.61. The van der Waals surface area contributed by atoms with Crippen molar-refractivity contribution in [1.82, 2.24) is 4.57 Å². The van der Waals surface area contributed by atoms with Gasteiger partial charge in [-0.1, -0.05) is 41.7 Å². The number of carbonyl (C=O) groups excluding carboxylic acids is 2. The molecule has 0 aliphatic rings. The Balaban J connectivity index is 3.13. The van der Waals surface area contributed by atoms with Crippen LogP contribution in [0.5, 0.6) is 0 Å². The standard InChI is InChI=1S/C10H10Cl3NO2/c1-3-8(15)6-4-7(14(2)5-6)9(16)10(11,12)13/h4-5H,3H2,1-2H3. The van der Waals surface area contributed by atoms with E-state index in [1.165, 1.54) is 10.6 Å². The van der Waals surface area contributed by atoms with Crippen molar-refractivity contribution in [1.29, 1.82) is 0 Å². The van der Waals surface area contributed by atoms with Gasteiger partial charge in [0.1, 0.15) is 0 Å². The molecule has 6 heteroatoms. The normalized spacial score (nSPS) is 11.6. The second-order valence-electron chi connectivity index (χ2n) is 3.33. The van der Waals surface area contributed by atoms with Gasteiger partial charge in [0.25, 0.3) is 3.79 Å². The van der Waals surface area contributed by atoms with Crippen LogP contribution in [0.4, 0.5) is 0 Å². The molecule has 0 amide bonds. The topological polar surface area (TPSA) is 39.1 Å². The van der Waals surface area contributed by atoms with Gasteiger partial charge in [-0.2, -0.15) is 0 Å². The summed E-state index contributed by atoms with van der Waals surface area (Å²) in [6, 6.07) is 1.44. The van der Waals surface area contributed by atoms with E-state index in [1.807, 2.05) is 0 Å². The van der Waals surface area contributed by atoms with Gasteiger partial charge < -0.3 is 4.57 Å². The Hall–Kier alpha value is -0.510. The fourth-order valence-corrected chi connectivity index (χ4v) is 1.58. The Morgan fingerprint density at radius 1 is 1.38 bits per heavy atom. The van der Waals surface area contributed by atoms with E-state index >= 15 is 0 Å². The molecule has 0 fully saturated rings. The summed E-state index contributed by atoms with van der Waals surface area (Å²) in [6.07, 6.45) is 1.92. The summed E-state index contributed by atoms with van der Waals surface area (Å²) in [7, 11) is 1.62. The van der Waals surface area contributed by atoms with Gasteiger partial charge in [0, 0.05) is 25.2 Å². The van der Waals surface area contributed by atoms with Crippen molar-refractivity contribution >= 4 is 46.4 Å². The summed E-state index contributed by atoms with van der Waals surface area (Å²) in [5.74, 6) is -0.700. The molecule has 16 heavy (non-hydrogen) atoms. The largest absolute Gasteiger partial charge is 0.347 e. The van der Waals surface area contributed by atoms with Crippen LogP contribution in [-0.4, -0.2) is 19.9 Å². The second kappa shape index (κ2) is 4.78. The van der Waals surface area contributed by atoms with Crippen LogP contribution in [0.1, 0.15) is 34.2 Å². The number of Topliss-reactive ketones (excluding diaryl/α,β-unsaturated/α-hetero) is 2. The molecular formula is C10H10Cl3NO2. The molecule has 3 nitrogen and oxygen atoms in total. The molecule has 0 saturated carbocycles. The average molecular weight is 283 g/mol. The summed E-state index contributed by atoms with van der Waals surface area (Å²) >= 11 is 16.5. The predicted octanol–water partition coefficient (Wildman–Crippen LogP) is 3.17. The lowest BCUT2D eigenvalue weighted by atomic mass is 10.1. The molecule has 0 saturated heterocycles. The van der Waals surface area contributed by atoms with Crippen LogP contribution in [0, 0.1) is 0 Å².